The van der Waals surface area contributed by atoms with Gasteiger partial charge in [0.2, 0.25) is 0 Å². The van der Waals surface area contributed by atoms with Gasteiger partial charge in [0.25, 0.3) is 0 Å². The molecule has 7 nitrogen and oxygen atoms in total. The van der Waals surface area contributed by atoms with E-state index in [0.29, 0.717) is 39.0 Å². The van der Waals surface area contributed by atoms with Crippen LogP contribution in [-0.4, -0.2) is 66.1 Å². The van der Waals surface area contributed by atoms with Crippen LogP contribution in [0, 0.1) is 5.92 Å². The van der Waals surface area contributed by atoms with E-state index in [-0.39, 0.29) is 11.9 Å². The van der Waals surface area contributed by atoms with Gasteiger partial charge in [-0.2, -0.15) is 0 Å². The standard InChI is InChI=1S/C13H24N2O5/c1-9-8-15(6-5-11(9)16)13(19)14-10(12(17)18)4-3-7-20-2/h9-11,16H,3-8H2,1-2H3,(H,14,19)(H,17,18). The average molecular weight is 288 g/mol. The molecule has 0 aromatic heterocycles. The van der Waals surface area contributed by atoms with E-state index in [1.54, 1.807) is 12.0 Å². The van der Waals surface area contributed by atoms with Crippen LogP contribution in [0.15, 0.2) is 0 Å². The number of hydrogen-bond acceptors (Lipinski definition) is 4. The summed E-state index contributed by atoms with van der Waals surface area (Å²) in [4.78, 5) is 24.7. The van der Waals surface area contributed by atoms with Crippen molar-refractivity contribution in [1.82, 2.24) is 10.2 Å². The van der Waals surface area contributed by atoms with Gasteiger partial charge in [-0.25, -0.2) is 9.59 Å². The van der Waals surface area contributed by atoms with Crippen molar-refractivity contribution in [3.05, 3.63) is 0 Å². The lowest BCUT2D eigenvalue weighted by Gasteiger charge is -2.34. The minimum Gasteiger partial charge on any atom is -0.480 e. The molecule has 1 fully saturated rings. The molecule has 1 aliphatic rings. The zero-order chi connectivity index (χ0) is 15.1. The van der Waals surface area contributed by atoms with Crippen molar-refractivity contribution in [2.75, 3.05) is 26.8 Å². The Labute approximate surface area is 118 Å². The maximum absolute atomic E-state index is 12.0. The lowest BCUT2D eigenvalue weighted by molar-refractivity contribution is -0.139. The van der Waals surface area contributed by atoms with E-state index in [4.69, 9.17) is 9.84 Å². The van der Waals surface area contributed by atoms with Crippen LogP contribution in [0.25, 0.3) is 0 Å². The van der Waals surface area contributed by atoms with Crippen molar-refractivity contribution in [3.8, 4) is 0 Å². The fraction of sp³-hybridized carbons (Fsp3) is 0.846. The molecular weight excluding hydrogens is 264 g/mol. The number of urea groups is 1. The molecule has 3 unspecified atom stereocenters. The molecule has 0 aromatic carbocycles. The van der Waals surface area contributed by atoms with Gasteiger partial charge in [-0.1, -0.05) is 6.92 Å². The number of methoxy groups -OCH3 is 1. The zero-order valence-electron chi connectivity index (χ0n) is 12.0. The summed E-state index contributed by atoms with van der Waals surface area (Å²) >= 11 is 0. The predicted octanol–water partition coefficient (Wildman–Crippen LogP) is 0.279. The Kier molecular flexibility index (Phi) is 6.74. The number of carboxylic acid groups (broad SMARTS) is 1. The quantitative estimate of drug-likeness (QED) is 0.610. The van der Waals surface area contributed by atoms with E-state index in [0.717, 1.165) is 0 Å². The van der Waals surface area contributed by atoms with Gasteiger partial charge in [0.15, 0.2) is 0 Å². The van der Waals surface area contributed by atoms with E-state index < -0.39 is 18.1 Å². The summed E-state index contributed by atoms with van der Waals surface area (Å²) in [5.74, 6) is -1.04. The van der Waals surface area contributed by atoms with Crippen molar-refractivity contribution in [3.63, 3.8) is 0 Å². The van der Waals surface area contributed by atoms with Crippen molar-refractivity contribution in [2.45, 2.75) is 38.3 Å². The van der Waals surface area contributed by atoms with Crippen molar-refractivity contribution in [1.29, 1.82) is 0 Å². The van der Waals surface area contributed by atoms with Crippen LogP contribution in [0.2, 0.25) is 0 Å². The Balaban J connectivity index is 2.47. The molecule has 0 bridgehead atoms. The molecule has 3 N–H and O–H groups in total. The summed E-state index contributed by atoms with van der Waals surface area (Å²) in [6.45, 7) is 3.23. The molecule has 2 amide bonds. The van der Waals surface area contributed by atoms with Crippen molar-refractivity contribution >= 4 is 12.0 Å². The molecule has 1 rings (SSSR count). The van der Waals surface area contributed by atoms with Gasteiger partial charge in [-0.05, 0) is 25.2 Å². The summed E-state index contributed by atoms with van der Waals surface area (Å²) in [5, 5.41) is 21.3. The molecule has 1 heterocycles. The van der Waals surface area contributed by atoms with E-state index in [1.165, 1.54) is 0 Å². The van der Waals surface area contributed by atoms with E-state index in [9.17, 15) is 14.7 Å². The summed E-state index contributed by atoms with van der Waals surface area (Å²) in [6, 6.07) is -1.28. The number of likely N-dealkylation sites (tertiary alicyclic amines) is 1. The van der Waals surface area contributed by atoms with Gasteiger partial charge in [0.1, 0.15) is 6.04 Å². The molecule has 0 radical (unpaired) electrons. The molecule has 1 saturated heterocycles. The molecular formula is C13H24N2O5. The summed E-state index contributed by atoms with van der Waals surface area (Å²) in [7, 11) is 1.55. The smallest absolute Gasteiger partial charge is 0.326 e. The van der Waals surface area contributed by atoms with Crippen LogP contribution in [0.1, 0.15) is 26.2 Å². The Morgan fingerprint density at radius 3 is 2.75 bits per heavy atom. The molecule has 0 aromatic rings. The zero-order valence-corrected chi connectivity index (χ0v) is 12.0. The number of carboxylic acids is 1. The number of carbonyl (C=O) groups excluding carboxylic acids is 1. The minimum absolute atomic E-state index is 0.00581. The molecule has 0 aliphatic carbocycles. The third-order valence-corrected chi connectivity index (χ3v) is 3.58. The van der Waals surface area contributed by atoms with Gasteiger partial charge in [0, 0.05) is 26.8 Å². The highest BCUT2D eigenvalue weighted by molar-refractivity contribution is 5.82. The number of aliphatic hydroxyl groups excluding tert-OH is 1. The number of hydrogen-bond donors (Lipinski definition) is 3. The number of piperidine rings is 1. The summed E-state index contributed by atoms with van der Waals surface area (Å²) < 4.78 is 4.88. The number of nitrogens with one attached hydrogen (secondary N) is 1. The van der Waals surface area contributed by atoms with Crippen LogP contribution in [0.5, 0.6) is 0 Å². The van der Waals surface area contributed by atoms with Crippen LogP contribution >= 0.6 is 0 Å². The third-order valence-electron chi connectivity index (χ3n) is 3.58. The molecule has 0 saturated carbocycles. The van der Waals surface area contributed by atoms with Crippen LogP contribution < -0.4 is 5.32 Å². The lowest BCUT2D eigenvalue weighted by atomic mass is 9.97. The first kappa shape index (κ1) is 16.7. The SMILES string of the molecule is COCCCC(NC(=O)N1CCC(O)C(C)C1)C(=O)O. The number of ether oxygens (including phenoxy) is 1. The Hall–Kier alpha value is -1.34. The van der Waals surface area contributed by atoms with E-state index >= 15 is 0 Å². The fourth-order valence-corrected chi connectivity index (χ4v) is 2.25. The Morgan fingerprint density at radius 1 is 1.50 bits per heavy atom. The first-order chi connectivity index (χ1) is 9.45. The number of rotatable bonds is 6. The first-order valence-corrected chi connectivity index (χ1v) is 6.91. The average Bonchev–Trinajstić information content (AvgIpc) is 2.40. The molecule has 116 valence electrons. The number of amides is 2. The first-order valence-electron chi connectivity index (χ1n) is 6.91. The predicted molar refractivity (Wildman–Crippen MR) is 72.4 cm³/mol. The molecule has 7 heteroatoms. The molecule has 3 atom stereocenters. The van der Waals surface area contributed by atoms with E-state index in [2.05, 4.69) is 5.32 Å². The van der Waals surface area contributed by atoms with Crippen LogP contribution in [0.4, 0.5) is 4.79 Å². The van der Waals surface area contributed by atoms with Gasteiger partial charge < -0.3 is 25.2 Å². The third kappa shape index (κ3) is 4.97. The topological polar surface area (TPSA) is 99.1 Å². The van der Waals surface area contributed by atoms with Gasteiger partial charge in [-0.15, -0.1) is 0 Å². The van der Waals surface area contributed by atoms with Gasteiger partial charge >= 0.3 is 12.0 Å². The van der Waals surface area contributed by atoms with Crippen molar-refractivity contribution < 1.29 is 24.5 Å². The maximum atomic E-state index is 12.0. The van der Waals surface area contributed by atoms with E-state index in [1.807, 2.05) is 6.92 Å². The maximum Gasteiger partial charge on any atom is 0.326 e. The molecule has 0 spiro atoms. The van der Waals surface area contributed by atoms with Gasteiger partial charge in [-0.3, -0.25) is 0 Å². The largest absolute Gasteiger partial charge is 0.480 e. The fourth-order valence-electron chi connectivity index (χ4n) is 2.25. The second-order valence-corrected chi connectivity index (χ2v) is 5.25. The molecule has 1 aliphatic heterocycles. The highest BCUT2D eigenvalue weighted by Gasteiger charge is 2.29. The second-order valence-electron chi connectivity index (χ2n) is 5.25. The molecule has 20 heavy (non-hydrogen) atoms. The minimum atomic E-state index is -1.04. The second kappa shape index (κ2) is 8.06. The lowest BCUT2D eigenvalue weighted by Crippen LogP contribution is -2.52. The summed E-state index contributed by atoms with van der Waals surface area (Å²) in [5.41, 5.74) is 0. The van der Waals surface area contributed by atoms with Crippen LogP contribution in [-0.2, 0) is 9.53 Å². The highest BCUT2D eigenvalue weighted by atomic mass is 16.5. The van der Waals surface area contributed by atoms with Crippen molar-refractivity contribution in [2.24, 2.45) is 5.92 Å². The number of nitrogens with zero attached hydrogens (tertiary/aromatic N) is 1. The number of aliphatic hydroxyl groups is 1. The number of aliphatic carboxylic acids is 1. The Morgan fingerprint density at radius 2 is 2.20 bits per heavy atom. The summed E-state index contributed by atoms with van der Waals surface area (Å²) in [6.07, 6.45) is 1.04. The van der Waals surface area contributed by atoms with Gasteiger partial charge in [0.05, 0.1) is 6.10 Å². The van der Waals surface area contributed by atoms with Crippen LogP contribution in [0.3, 0.4) is 0 Å². The number of carbonyl (C=O) groups is 2. The monoisotopic (exact) mass is 288 g/mol. The normalized spacial score (nSPS) is 24.2. The highest BCUT2D eigenvalue weighted by Crippen LogP contribution is 2.16. The Bertz CT molecular complexity index is 337.